The van der Waals surface area contributed by atoms with Gasteiger partial charge < -0.3 is 19.5 Å². The summed E-state index contributed by atoms with van der Waals surface area (Å²) in [6.45, 7) is 9.13. The van der Waals surface area contributed by atoms with Crippen molar-refractivity contribution in [3.8, 4) is 17.6 Å². The van der Waals surface area contributed by atoms with Crippen molar-refractivity contribution < 1.29 is 38.2 Å². The van der Waals surface area contributed by atoms with Gasteiger partial charge in [0.25, 0.3) is 17.7 Å². The highest BCUT2D eigenvalue weighted by Crippen LogP contribution is 2.55. The highest BCUT2D eigenvalue weighted by molar-refractivity contribution is 6.31. The van der Waals surface area contributed by atoms with Gasteiger partial charge in [-0.2, -0.15) is 5.26 Å². The SMILES string of the molecule is CC1(C)C(NC(=O)c2ccc(CCOCCOc3ccc4c(c3)C(=O)N(C3CCC(=O)NC3=O)C4=O)cc2)C(C)(C)C1Oc1ccc(C#N)c(Cl)c1. The lowest BCUT2D eigenvalue weighted by Crippen LogP contribution is -2.74. The smallest absolute Gasteiger partial charge is 0.262 e. The number of carbonyl (C=O) groups excluding carboxylic acids is 5. The first kappa shape index (κ1) is 36.5. The number of nitrogens with zero attached hydrogens (tertiary/aromatic N) is 2. The zero-order valence-electron chi connectivity index (χ0n) is 29.3. The quantitative estimate of drug-likeness (QED) is 0.196. The van der Waals surface area contributed by atoms with Gasteiger partial charge in [-0.15, -0.1) is 0 Å². The largest absolute Gasteiger partial charge is 0.491 e. The number of imide groups is 2. The van der Waals surface area contributed by atoms with Crippen LogP contribution in [0.25, 0.3) is 0 Å². The van der Waals surface area contributed by atoms with Crippen LogP contribution in [0.4, 0.5) is 0 Å². The van der Waals surface area contributed by atoms with Gasteiger partial charge in [0.15, 0.2) is 0 Å². The first-order valence-electron chi connectivity index (χ1n) is 17.0. The van der Waals surface area contributed by atoms with Gasteiger partial charge in [0, 0.05) is 34.9 Å². The van der Waals surface area contributed by atoms with E-state index in [1.54, 1.807) is 36.4 Å². The number of nitrogens with one attached hydrogen (secondary N) is 2. The zero-order chi connectivity index (χ0) is 37.4. The minimum absolute atomic E-state index is 0.0522. The molecule has 2 aliphatic heterocycles. The van der Waals surface area contributed by atoms with E-state index in [0.29, 0.717) is 40.7 Å². The number of piperidine rings is 1. The zero-order valence-corrected chi connectivity index (χ0v) is 30.0. The maximum absolute atomic E-state index is 13.3. The Morgan fingerprint density at radius 1 is 0.923 bits per heavy atom. The minimum Gasteiger partial charge on any atom is -0.491 e. The molecule has 2 heterocycles. The standard InChI is InChI=1S/C39H39ClN4O8/c1-38(2)36(39(3,4)37(38)52-26-10-9-24(21-41)29(40)20-26)43-32(46)23-7-5-22(6-8-23)15-16-50-17-18-51-25-11-12-27-28(19-25)35(49)44(34(27)48)30-13-14-31(45)42-33(30)47/h5-12,19-20,30,36-37H,13-18H2,1-4H3,(H,43,46)(H,42,45,47). The fraction of sp³-hybridized carbons (Fsp3) is 0.385. The van der Waals surface area contributed by atoms with Gasteiger partial charge in [-0.25, -0.2) is 0 Å². The lowest BCUT2D eigenvalue weighted by Gasteiger charge is -2.63. The van der Waals surface area contributed by atoms with E-state index in [1.165, 1.54) is 12.1 Å². The predicted octanol–water partition coefficient (Wildman–Crippen LogP) is 4.86. The molecule has 270 valence electrons. The van der Waals surface area contributed by atoms with Gasteiger partial charge in [-0.3, -0.25) is 34.2 Å². The molecule has 0 bridgehead atoms. The van der Waals surface area contributed by atoms with Crippen LogP contribution in [0.1, 0.15) is 82.7 Å². The summed E-state index contributed by atoms with van der Waals surface area (Å²) in [6.07, 6.45) is 0.555. The summed E-state index contributed by atoms with van der Waals surface area (Å²) >= 11 is 6.21. The van der Waals surface area contributed by atoms with Gasteiger partial charge in [0.05, 0.1) is 34.9 Å². The van der Waals surface area contributed by atoms with Crippen molar-refractivity contribution in [1.82, 2.24) is 15.5 Å². The number of hydrogen-bond donors (Lipinski definition) is 2. The second-order valence-corrected chi connectivity index (χ2v) is 14.8. The number of carbonyl (C=O) groups is 5. The van der Waals surface area contributed by atoms with E-state index in [1.807, 2.05) is 18.2 Å². The van der Waals surface area contributed by atoms with Crippen molar-refractivity contribution in [3.63, 3.8) is 0 Å². The molecule has 3 aromatic carbocycles. The van der Waals surface area contributed by atoms with E-state index in [-0.39, 0.29) is 66.1 Å². The average molecular weight is 727 g/mol. The molecule has 1 saturated heterocycles. The third kappa shape index (κ3) is 6.98. The number of benzene rings is 3. The lowest BCUT2D eigenvalue weighted by molar-refractivity contribution is -0.164. The third-order valence-electron chi connectivity index (χ3n) is 10.1. The van der Waals surface area contributed by atoms with Crippen LogP contribution in [-0.2, 0) is 20.7 Å². The minimum atomic E-state index is -1.03. The van der Waals surface area contributed by atoms with E-state index < -0.39 is 29.7 Å². The summed E-state index contributed by atoms with van der Waals surface area (Å²) in [5.74, 6) is -1.47. The number of ether oxygens (including phenoxy) is 3. The molecule has 1 atom stereocenters. The maximum Gasteiger partial charge on any atom is 0.262 e. The summed E-state index contributed by atoms with van der Waals surface area (Å²) in [5.41, 5.74) is 1.50. The fourth-order valence-corrected chi connectivity index (χ4v) is 7.90. The molecule has 2 fully saturated rings. The normalized spacial score (nSPS) is 21.5. The predicted molar refractivity (Wildman–Crippen MR) is 189 cm³/mol. The number of halogens is 1. The Labute approximate surface area is 306 Å². The van der Waals surface area contributed by atoms with Gasteiger partial charge in [0.1, 0.15) is 36.3 Å². The molecular weight excluding hydrogens is 688 g/mol. The Hall–Kier alpha value is -5.25. The van der Waals surface area contributed by atoms with Crippen molar-refractivity contribution >= 4 is 41.1 Å². The number of hydrogen-bond acceptors (Lipinski definition) is 9. The fourth-order valence-electron chi connectivity index (χ4n) is 7.68. The Kier molecular flexibility index (Phi) is 10.1. The van der Waals surface area contributed by atoms with Crippen LogP contribution in [0.2, 0.25) is 5.02 Å². The van der Waals surface area contributed by atoms with Gasteiger partial charge in [-0.05, 0) is 60.9 Å². The van der Waals surface area contributed by atoms with Crippen LogP contribution < -0.4 is 20.1 Å². The van der Waals surface area contributed by atoms with E-state index >= 15 is 0 Å². The average Bonchev–Trinajstić information content (AvgIpc) is 3.35. The second-order valence-electron chi connectivity index (χ2n) is 14.4. The molecular formula is C39H39ClN4O8. The summed E-state index contributed by atoms with van der Waals surface area (Å²) in [6, 6.07) is 17.8. The molecule has 1 saturated carbocycles. The molecule has 13 heteroatoms. The first-order valence-corrected chi connectivity index (χ1v) is 17.4. The number of amides is 5. The highest BCUT2D eigenvalue weighted by atomic mass is 35.5. The molecule has 52 heavy (non-hydrogen) atoms. The third-order valence-corrected chi connectivity index (χ3v) is 10.4. The van der Waals surface area contributed by atoms with Crippen molar-refractivity contribution in [3.05, 3.63) is 93.5 Å². The molecule has 12 nitrogen and oxygen atoms in total. The molecule has 2 N–H and O–H groups in total. The monoisotopic (exact) mass is 726 g/mol. The summed E-state index contributed by atoms with van der Waals surface area (Å²) < 4.78 is 17.8. The molecule has 1 aliphatic carbocycles. The Morgan fingerprint density at radius 2 is 1.62 bits per heavy atom. The van der Waals surface area contributed by atoms with Crippen LogP contribution in [0, 0.1) is 22.2 Å². The summed E-state index contributed by atoms with van der Waals surface area (Å²) in [7, 11) is 0. The number of nitriles is 1. The van der Waals surface area contributed by atoms with Gasteiger partial charge in [-0.1, -0.05) is 51.4 Å². The first-order chi connectivity index (χ1) is 24.7. The van der Waals surface area contributed by atoms with Crippen molar-refractivity contribution in [2.45, 2.75) is 65.1 Å². The second kappa shape index (κ2) is 14.4. The van der Waals surface area contributed by atoms with Gasteiger partial charge >= 0.3 is 0 Å². The van der Waals surface area contributed by atoms with E-state index in [4.69, 9.17) is 31.1 Å². The summed E-state index contributed by atoms with van der Waals surface area (Å²) in [5, 5.41) is 14.9. The van der Waals surface area contributed by atoms with Crippen molar-refractivity contribution in [2.75, 3.05) is 19.8 Å². The van der Waals surface area contributed by atoms with E-state index in [0.717, 1.165) is 10.5 Å². The topological polar surface area (TPSA) is 164 Å². The molecule has 3 aliphatic rings. The Bertz CT molecular complexity index is 1970. The lowest BCUT2D eigenvalue weighted by atomic mass is 9.49. The van der Waals surface area contributed by atoms with E-state index in [9.17, 15) is 24.0 Å². The molecule has 3 aromatic rings. The molecule has 0 radical (unpaired) electrons. The Morgan fingerprint density at radius 3 is 2.29 bits per heavy atom. The summed E-state index contributed by atoms with van der Waals surface area (Å²) in [4.78, 5) is 63.9. The maximum atomic E-state index is 13.3. The van der Waals surface area contributed by atoms with Crippen molar-refractivity contribution in [1.29, 1.82) is 5.26 Å². The van der Waals surface area contributed by atoms with Crippen LogP contribution in [0.5, 0.6) is 11.5 Å². The molecule has 1 unspecified atom stereocenters. The highest BCUT2D eigenvalue weighted by Gasteiger charge is 2.64. The van der Waals surface area contributed by atoms with Gasteiger partial charge in [0.2, 0.25) is 11.8 Å². The number of rotatable bonds is 12. The molecule has 0 spiro atoms. The van der Waals surface area contributed by atoms with Crippen molar-refractivity contribution in [2.24, 2.45) is 10.8 Å². The van der Waals surface area contributed by atoms with Crippen LogP contribution in [0.3, 0.4) is 0 Å². The van der Waals surface area contributed by atoms with Crippen LogP contribution in [0.15, 0.2) is 60.7 Å². The number of fused-ring (bicyclic) bond motifs is 1. The van der Waals surface area contributed by atoms with Crippen LogP contribution in [-0.4, -0.2) is 72.4 Å². The Balaban J connectivity index is 0.935. The molecule has 5 amide bonds. The van der Waals surface area contributed by atoms with Crippen LogP contribution >= 0.6 is 11.6 Å². The van der Waals surface area contributed by atoms with E-state index in [2.05, 4.69) is 38.3 Å². The molecule has 6 rings (SSSR count). The molecule has 0 aromatic heterocycles.